The van der Waals surface area contributed by atoms with Gasteiger partial charge >= 0.3 is 17.6 Å². The average molecular weight is 730 g/mol. The number of unbranched alkanes of at least 4 members (excludes halogenated alkanes) is 24. The summed E-state index contributed by atoms with van der Waals surface area (Å²) in [7, 11) is 0. The SMILES string of the molecule is CCCCCCCCCCCCCCCC(=O)OC[C@@]1(C#N)O[C@@H](n2ccc(=O)[nH]c2=O)C[C@@H]1OC(=O)CCCCCCCCCCCCCCC. The Balaban J connectivity index is 1.75. The van der Waals surface area contributed by atoms with Gasteiger partial charge < -0.3 is 14.2 Å². The lowest BCUT2D eigenvalue weighted by Gasteiger charge is -2.26. The van der Waals surface area contributed by atoms with E-state index in [0.717, 1.165) is 43.1 Å². The monoisotopic (exact) mass is 730 g/mol. The van der Waals surface area contributed by atoms with Gasteiger partial charge in [0.15, 0.2) is 6.10 Å². The molecule has 1 aliphatic rings. The molecule has 1 N–H and O–H groups in total. The van der Waals surface area contributed by atoms with E-state index in [2.05, 4.69) is 24.9 Å². The van der Waals surface area contributed by atoms with Crippen LogP contribution in [-0.4, -0.2) is 39.8 Å². The smallest absolute Gasteiger partial charge is 0.330 e. The fourth-order valence-corrected chi connectivity index (χ4v) is 7.02. The summed E-state index contributed by atoms with van der Waals surface area (Å²) >= 11 is 0. The van der Waals surface area contributed by atoms with E-state index in [4.69, 9.17) is 14.2 Å². The van der Waals surface area contributed by atoms with E-state index < -0.39 is 47.7 Å². The molecule has 2 heterocycles. The van der Waals surface area contributed by atoms with E-state index in [0.29, 0.717) is 12.8 Å². The van der Waals surface area contributed by atoms with Crippen LogP contribution in [0, 0.1) is 11.3 Å². The summed E-state index contributed by atoms with van der Waals surface area (Å²) in [6, 6.07) is 3.27. The summed E-state index contributed by atoms with van der Waals surface area (Å²) in [4.78, 5) is 52.0. The van der Waals surface area contributed by atoms with Crippen LogP contribution < -0.4 is 11.2 Å². The molecule has 0 bridgehead atoms. The summed E-state index contributed by atoms with van der Waals surface area (Å²) in [5.74, 6) is -0.896. The van der Waals surface area contributed by atoms with Crippen LogP contribution in [-0.2, 0) is 23.8 Å². The van der Waals surface area contributed by atoms with Gasteiger partial charge in [-0.15, -0.1) is 0 Å². The van der Waals surface area contributed by atoms with Crippen LogP contribution in [0.4, 0.5) is 0 Å². The van der Waals surface area contributed by atoms with E-state index in [9.17, 15) is 24.4 Å². The molecule has 0 saturated carbocycles. The number of nitrogens with one attached hydrogen (secondary N) is 1. The quantitative estimate of drug-likeness (QED) is 0.0571. The van der Waals surface area contributed by atoms with Crippen molar-refractivity contribution in [2.45, 2.75) is 218 Å². The van der Waals surface area contributed by atoms with E-state index in [1.807, 2.05) is 0 Å². The van der Waals surface area contributed by atoms with Crippen LogP contribution in [0.5, 0.6) is 0 Å². The summed E-state index contributed by atoms with van der Waals surface area (Å²) in [5.41, 5.74) is -3.05. The van der Waals surface area contributed by atoms with Crippen molar-refractivity contribution in [3.63, 3.8) is 0 Å². The van der Waals surface area contributed by atoms with Gasteiger partial charge in [-0.25, -0.2) is 4.79 Å². The minimum atomic E-state index is -1.78. The molecule has 1 saturated heterocycles. The van der Waals surface area contributed by atoms with Crippen molar-refractivity contribution < 1.29 is 23.8 Å². The van der Waals surface area contributed by atoms with Crippen molar-refractivity contribution in [3.05, 3.63) is 33.1 Å². The van der Waals surface area contributed by atoms with Gasteiger partial charge in [0.1, 0.15) is 18.9 Å². The number of carbonyl (C=O) groups is 2. The molecule has 1 aromatic heterocycles. The third-order valence-electron chi connectivity index (χ3n) is 10.3. The largest absolute Gasteiger partial charge is 0.461 e. The van der Waals surface area contributed by atoms with E-state index in [-0.39, 0.29) is 19.3 Å². The zero-order chi connectivity index (χ0) is 37.7. The Morgan fingerprint density at radius 2 is 1.15 bits per heavy atom. The van der Waals surface area contributed by atoms with Crippen LogP contribution >= 0.6 is 0 Å². The Bertz CT molecular complexity index is 1250. The van der Waals surface area contributed by atoms with Crippen molar-refractivity contribution in [3.8, 4) is 6.07 Å². The third kappa shape index (κ3) is 19.2. The van der Waals surface area contributed by atoms with Crippen molar-refractivity contribution >= 4 is 11.9 Å². The third-order valence-corrected chi connectivity index (χ3v) is 10.3. The average Bonchev–Trinajstić information content (AvgIpc) is 3.48. The fraction of sp³-hybridized carbons (Fsp3) is 0.833. The lowest BCUT2D eigenvalue weighted by molar-refractivity contribution is -0.167. The summed E-state index contributed by atoms with van der Waals surface area (Å²) in [6.45, 7) is 4.06. The number of ether oxygens (including phenoxy) is 3. The first-order valence-corrected chi connectivity index (χ1v) is 21.1. The molecule has 10 heteroatoms. The van der Waals surface area contributed by atoms with Gasteiger partial charge in [0.05, 0.1) is 0 Å². The number of hydrogen-bond donors (Lipinski definition) is 1. The number of hydrogen-bond acceptors (Lipinski definition) is 8. The maximum absolute atomic E-state index is 12.9. The Labute approximate surface area is 313 Å². The topological polar surface area (TPSA) is 140 Å². The lowest BCUT2D eigenvalue weighted by atomic mass is 9.99. The number of H-pyrrole nitrogens is 1. The van der Waals surface area contributed by atoms with Crippen molar-refractivity contribution in [2.24, 2.45) is 0 Å². The maximum atomic E-state index is 12.9. The second-order valence-corrected chi connectivity index (χ2v) is 15.0. The van der Waals surface area contributed by atoms with Gasteiger partial charge in [-0.05, 0) is 12.8 Å². The highest BCUT2D eigenvalue weighted by Gasteiger charge is 2.54. The second kappa shape index (κ2) is 28.6. The van der Waals surface area contributed by atoms with Gasteiger partial charge in [-0.2, -0.15) is 5.26 Å². The molecular weight excluding hydrogens is 658 g/mol. The molecule has 0 aliphatic carbocycles. The first-order valence-electron chi connectivity index (χ1n) is 21.1. The second-order valence-electron chi connectivity index (χ2n) is 15.0. The minimum Gasteiger partial charge on any atom is -0.461 e. The molecule has 1 aromatic rings. The Morgan fingerprint density at radius 3 is 1.58 bits per heavy atom. The Hall–Kier alpha value is -2.93. The van der Waals surface area contributed by atoms with Crippen LogP contribution in [0.1, 0.15) is 206 Å². The summed E-state index contributed by atoms with van der Waals surface area (Å²) < 4.78 is 18.5. The molecule has 0 unspecified atom stereocenters. The highest BCUT2D eigenvalue weighted by Crippen LogP contribution is 2.38. The highest BCUT2D eigenvalue weighted by molar-refractivity contribution is 5.70. The first kappa shape index (κ1) is 45.2. The van der Waals surface area contributed by atoms with Gasteiger partial charge in [-0.3, -0.25) is 23.9 Å². The minimum absolute atomic E-state index is 0.000260. The van der Waals surface area contributed by atoms with E-state index >= 15 is 0 Å². The number of aromatic amines is 1. The summed E-state index contributed by atoms with van der Waals surface area (Å²) in [6.07, 6.45) is 30.9. The Morgan fingerprint density at radius 1 is 0.731 bits per heavy atom. The zero-order valence-corrected chi connectivity index (χ0v) is 32.8. The first-order chi connectivity index (χ1) is 25.3. The van der Waals surface area contributed by atoms with Crippen LogP contribution in [0.2, 0.25) is 0 Å². The van der Waals surface area contributed by atoms with Crippen LogP contribution in [0.25, 0.3) is 0 Å². The molecule has 296 valence electrons. The molecule has 1 fully saturated rings. The van der Waals surface area contributed by atoms with Crippen molar-refractivity contribution in [2.75, 3.05) is 6.61 Å². The van der Waals surface area contributed by atoms with Gasteiger partial charge in [0, 0.05) is 31.5 Å². The van der Waals surface area contributed by atoms with E-state index in [1.165, 1.54) is 128 Å². The predicted molar refractivity (Wildman–Crippen MR) is 206 cm³/mol. The number of carbonyl (C=O) groups excluding carboxylic acids is 2. The molecule has 10 nitrogen and oxygen atoms in total. The fourth-order valence-electron chi connectivity index (χ4n) is 7.02. The standard InChI is InChI=1S/C42H71N3O7/c1-3-5-7-9-11-13-15-17-19-21-23-25-27-29-39(47)50-35-42(34-43)36(33-38(52-42)45-32-31-37(46)44-41(45)49)51-40(48)30-28-26-24-22-20-18-16-14-12-10-8-6-4-2/h31-32,36,38H,3-30,33,35H2,1-2H3,(H,44,46,49)/t36-,38+,42+/m0/s1. The summed E-state index contributed by atoms with van der Waals surface area (Å²) in [5, 5.41) is 10.3. The number of nitriles is 1. The van der Waals surface area contributed by atoms with Crippen LogP contribution in [0.3, 0.4) is 0 Å². The molecule has 2 rings (SSSR count). The van der Waals surface area contributed by atoms with Crippen molar-refractivity contribution in [1.82, 2.24) is 9.55 Å². The zero-order valence-electron chi connectivity index (χ0n) is 32.8. The highest BCUT2D eigenvalue weighted by atomic mass is 16.6. The number of nitrogens with zero attached hydrogens (tertiary/aromatic N) is 2. The lowest BCUT2D eigenvalue weighted by Crippen LogP contribution is -2.45. The maximum Gasteiger partial charge on any atom is 0.330 e. The number of rotatable bonds is 32. The predicted octanol–water partition coefficient (Wildman–Crippen LogP) is 10.1. The van der Waals surface area contributed by atoms with Gasteiger partial charge in [0.2, 0.25) is 5.60 Å². The molecule has 0 aromatic carbocycles. The molecule has 52 heavy (non-hydrogen) atoms. The molecular formula is C42H71N3O7. The number of aromatic nitrogens is 2. The molecule has 1 aliphatic heterocycles. The van der Waals surface area contributed by atoms with E-state index in [1.54, 1.807) is 0 Å². The van der Waals surface area contributed by atoms with Gasteiger partial charge in [0.25, 0.3) is 5.56 Å². The Kier molecular flexibility index (Phi) is 24.8. The van der Waals surface area contributed by atoms with Gasteiger partial charge in [-0.1, -0.05) is 168 Å². The molecule has 0 spiro atoms. The normalized spacial score (nSPS) is 18.3. The number of esters is 2. The molecule has 0 radical (unpaired) electrons. The molecule has 0 amide bonds. The molecule has 3 atom stereocenters. The van der Waals surface area contributed by atoms with Crippen LogP contribution in [0.15, 0.2) is 21.9 Å². The van der Waals surface area contributed by atoms with Crippen molar-refractivity contribution in [1.29, 1.82) is 5.26 Å².